The first-order chi connectivity index (χ1) is 21.5. The van der Waals surface area contributed by atoms with Gasteiger partial charge in [-0.2, -0.15) is 4.99 Å². The van der Waals surface area contributed by atoms with Crippen LogP contribution in [0.1, 0.15) is 16.7 Å². The van der Waals surface area contributed by atoms with E-state index >= 15 is 0 Å². The van der Waals surface area contributed by atoms with Crippen molar-refractivity contribution in [3.63, 3.8) is 0 Å². The zero-order valence-corrected chi connectivity index (χ0v) is 25.3. The van der Waals surface area contributed by atoms with E-state index in [-0.39, 0.29) is 35.1 Å². The maximum absolute atomic E-state index is 12.8. The van der Waals surface area contributed by atoms with Gasteiger partial charge >= 0.3 is 12.4 Å². The summed E-state index contributed by atoms with van der Waals surface area (Å²) in [7, 11) is 1.57. The van der Waals surface area contributed by atoms with E-state index in [0.29, 0.717) is 34.3 Å². The van der Waals surface area contributed by atoms with Crippen LogP contribution in [0, 0.1) is 6.92 Å². The molecule has 16 heteroatoms. The third-order valence-corrected chi connectivity index (χ3v) is 7.59. The zero-order chi connectivity index (χ0) is 32.1. The number of nitrogens with zero attached hydrogens (tertiary/aromatic N) is 5. The standard InChI is InChI=1S/C29H25ClF3N7O4S/c1-17-3-4-19(14-43-2)24(11-17)40-25(41)15-45-28(40)37-27(42)36-20-6-5-18(23(30)12-20)13-34-26-35-16-39(38-26)21-7-9-22(10-8-21)44-29(31,32)33/h3-12,16H,13-15H2,1-2H3,(H,34,38)(H,36,42)/b37-28-. The van der Waals surface area contributed by atoms with Crippen LogP contribution in [0.5, 0.6) is 5.75 Å². The average molecular weight is 660 g/mol. The fraction of sp³-hybridized carbons (Fsp3) is 0.207. The lowest BCUT2D eigenvalue weighted by atomic mass is 10.1. The number of aromatic nitrogens is 3. The SMILES string of the molecule is COCc1ccc(C)cc1N1C(=O)CS/C1=N\C(=O)Nc1ccc(CNc2ncn(-c3ccc(OC(F)(F)F)cc3)n2)c(Cl)c1. The number of rotatable bonds is 9. The van der Waals surface area contributed by atoms with E-state index in [1.165, 1.54) is 51.9 Å². The Kier molecular flexibility index (Phi) is 9.60. The molecule has 2 heterocycles. The molecule has 0 unspecified atom stereocenters. The number of carbonyl (C=O) groups is 2. The minimum atomic E-state index is -4.78. The Labute approximate surface area is 264 Å². The highest BCUT2D eigenvalue weighted by molar-refractivity contribution is 8.15. The third-order valence-electron chi connectivity index (χ3n) is 6.31. The van der Waals surface area contributed by atoms with Crippen molar-refractivity contribution in [2.45, 2.75) is 26.4 Å². The van der Waals surface area contributed by atoms with E-state index in [4.69, 9.17) is 16.3 Å². The first-order valence-electron chi connectivity index (χ1n) is 13.2. The van der Waals surface area contributed by atoms with Crippen molar-refractivity contribution in [3.8, 4) is 11.4 Å². The van der Waals surface area contributed by atoms with Gasteiger partial charge in [-0.1, -0.05) is 41.6 Å². The predicted molar refractivity (Wildman–Crippen MR) is 165 cm³/mol. The van der Waals surface area contributed by atoms with Gasteiger partial charge in [0.05, 0.1) is 23.7 Å². The van der Waals surface area contributed by atoms with Crippen molar-refractivity contribution in [3.05, 3.63) is 88.7 Å². The Morgan fingerprint density at radius 3 is 2.58 bits per heavy atom. The lowest BCUT2D eigenvalue weighted by Crippen LogP contribution is -2.31. The van der Waals surface area contributed by atoms with Crippen LogP contribution in [0.4, 0.5) is 35.3 Å². The third kappa shape index (κ3) is 8.12. The average Bonchev–Trinajstić information content (AvgIpc) is 3.59. The summed E-state index contributed by atoms with van der Waals surface area (Å²) >= 11 is 7.63. The molecule has 45 heavy (non-hydrogen) atoms. The molecule has 0 bridgehead atoms. The molecule has 0 atom stereocenters. The number of nitrogens with one attached hydrogen (secondary N) is 2. The van der Waals surface area contributed by atoms with Gasteiger partial charge in [0.25, 0.3) is 0 Å². The molecule has 0 spiro atoms. The summed E-state index contributed by atoms with van der Waals surface area (Å²) < 4.78 is 47.7. The Morgan fingerprint density at radius 1 is 1.11 bits per heavy atom. The van der Waals surface area contributed by atoms with Gasteiger partial charge in [0.1, 0.15) is 12.1 Å². The van der Waals surface area contributed by atoms with E-state index in [1.54, 1.807) is 25.3 Å². The molecule has 3 amide bonds. The maximum atomic E-state index is 12.8. The van der Waals surface area contributed by atoms with Crippen LogP contribution in [-0.2, 0) is 22.7 Å². The highest BCUT2D eigenvalue weighted by Crippen LogP contribution is 2.31. The van der Waals surface area contributed by atoms with Crippen LogP contribution in [-0.4, -0.2) is 51.1 Å². The van der Waals surface area contributed by atoms with Crippen molar-refractivity contribution >= 4 is 57.8 Å². The Bertz CT molecular complexity index is 1750. The summed E-state index contributed by atoms with van der Waals surface area (Å²) in [6, 6.07) is 15.1. The summed E-state index contributed by atoms with van der Waals surface area (Å²) in [6.45, 7) is 2.44. The highest BCUT2D eigenvalue weighted by atomic mass is 35.5. The number of anilines is 3. The second-order valence-corrected chi connectivity index (χ2v) is 11.0. The molecule has 1 aliphatic rings. The lowest BCUT2D eigenvalue weighted by Gasteiger charge is -2.20. The molecule has 4 aromatic rings. The summed E-state index contributed by atoms with van der Waals surface area (Å²) in [6.07, 6.45) is -3.38. The number of ether oxygens (including phenoxy) is 2. The molecule has 1 aromatic heterocycles. The van der Waals surface area contributed by atoms with Gasteiger partial charge in [-0.05, 0) is 60.5 Å². The van der Waals surface area contributed by atoms with Crippen LogP contribution >= 0.6 is 23.4 Å². The molecule has 5 rings (SSSR count). The molecule has 1 saturated heterocycles. The number of methoxy groups -OCH3 is 1. The van der Waals surface area contributed by atoms with Gasteiger partial charge in [-0.15, -0.1) is 18.3 Å². The van der Waals surface area contributed by atoms with Gasteiger partial charge in [0.2, 0.25) is 11.9 Å². The Hall–Kier alpha value is -4.60. The molecule has 3 aromatic carbocycles. The summed E-state index contributed by atoms with van der Waals surface area (Å²) in [5.74, 6) is -0.136. The number of aryl methyl sites for hydroxylation is 1. The van der Waals surface area contributed by atoms with Crippen LogP contribution in [0.15, 0.2) is 72.0 Å². The number of hydrogen-bond donors (Lipinski definition) is 2. The van der Waals surface area contributed by atoms with Gasteiger partial charge in [-0.25, -0.2) is 14.5 Å². The molecule has 1 aliphatic heterocycles. The molecule has 234 valence electrons. The fourth-order valence-electron chi connectivity index (χ4n) is 4.29. The normalized spacial score (nSPS) is 14.2. The second kappa shape index (κ2) is 13.6. The zero-order valence-electron chi connectivity index (χ0n) is 23.8. The molecule has 0 aliphatic carbocycles. The number of aliphatic imine (C=N–C) groups is 1. The summed E-state index contributed by atoms with van der Waals surface area (Å²) in [5.41, 5.74) is 3.91. The number of amides is 3. The van der Waals surface area contributed by atoms with Gasteiger partial charge in [0, 0.05) is 29.9 Å². The van der Waals surface area contributed by atoms with E-state index in [0.717, 1.165) is 11.1 Å². The minimum Gasteiger partial charge on any atom is -0.406 e. The minimum absolute atomic E-state index is 0.149. The van der Waals surface area contributed by atoms with E-state index < -0.39 is 12.4 Å². The summed E-state index contributed by atoms with van der Waals surface area (Å²) in [5, 5.41) is 10.6. The lowest BCUT2D eigenvalue weighted by molar-refractivity contribution is -0.274. The molecule has 0 radical (unpaired) electrons. The van der Waals surface area contributed by atoms with Crippen molar-refractivity contribution in [2.24, 2.45) is 4.99 Å². The Morgan fingerprint density at radius 2 is 1.87 bits per heavy atom. The number of urea groups is 1. The number of hydrogen-bond acceptors (Lipinski definition) is 8. The molecule has 2 N–H and O–H groups in total. The number of benzene rings is 3. The first kappa shape index (κ1) is 31.8. The molecule has 11 nitrogen and oxygen atoms in total. The largest absolute Gasteiger partial charge is 0.573 e. The molecule has 0 saturated carbocycles. The molecule has 1 fully saturated rings. The quantitative estimate of drug-likeness (QED) is 0.207. The topological polar surface area (TPSA) is 123 Å². The van der Waals surface area contributed by atoms with Crippen molar-refractivity contribution < 1.29 is 32.2 Å². The van der Waals surface area contributed by atoms with E-state index in [1.807, 2.05) is 25.1 Å². The van der Waals surface area contributed by atoms with Gasteiger partial charge in [-0.3, -0.25) is 9.69 Å². The number of amidine groups is 1. The van der Waals surface area contributed by atoms with Gasteiger partial charge < -0.3 is 20.1 Å². The van der Waals surface area contributed by atoms with Crippen molar-refractivity contribution in [1.29, 1.82) is 0 Å². The Balaban J connectivity index is 1.21. The fourth-order valence-corrected chi connectivity index (χ4v) is 5.40. The monoisotopic (exact) mass is 659 g/mol. The second-order valence-electron chi connectivity index (χ2n) is 9.62. The maximum Gasteiger partial charge on any atom is 0.573 e. The number of thioether (sulfide) groups is 1. The highest BCUT2D eigenvalue weighted by Gasteiger charge is 2.32. The molecular formula is C29H25ClF3N7O4S. The number of halogens is 4. The summed E-state index contributed by atoms with van der Waals surface area (Å²) in [4.78, 5) is 35.3. The van der Waals surface area contributed by atoms with E-state index in [2.05, 4.69) is 30.4 Å². The van der Waals surface area contributed by atoms with Crippen molar-refractivity contribution in [1.82, 2.24) is 14.8 Å². The number of alkyl halides is 3. The number of carbonyl (C=O) groups excluding carboxylic acids is 2. The smallest absolute Gasteiger partial charge is 0.406 e. The van der Waals surface area contributed by atoms with Gasteiger partial charge in [0.15, 0.2) is 5.17 Å². The van der Waals surface area contributed by atoms with Crippen LogP contribution in [0.25, 0.3) is 5.69 Å². The van der Waals surface area contributed by atoms with Crippen LogP contribution in [0.2, 0.25) is 5.02 Å². The predicted octanol–water partition coefficient (Wildman–Crippen LogP) is 6.55. The van der Waals surface area contributed by atoms with Crippen LogP contribution in [0.3, 0.4) is 0 Å². The van der Waals surface area contributed by atoms with Crippen LogP contribution < -0.4 is 20.3 Å². The van der Waals surface area contributed by atoms with Crippen molar-refractivity contribution in [2.75, 3.05) is 28.4 Å². The molecular weight excluding hydrogens is 635 g/mol. The first-order valence-corrected chi connectivity index (χ1v) is 14.6. The van der Waals surface area contributed by atoms with E-state index in [9.17, 15) is 22.8 Å².